The summed E-state index contributed by atoms with van der Waals surface area (Å²) in [5.41, 5.74) is 0. The molecule has 0 unspecified atom stereocenters. The Hall–Kier alpha value is 0.270. The molecule has 0 amide bonds. The van der Waals surface area contributed by atoms with E-state index in [0.717, 1.165) is 25.3 Å². The molecule has 3 heteroatoms. The molecular weight excluding hydrogens is 230 g/mol. The number of nitrogens with zero attached hydrogens (tertiary/aromatic N) is 1. The van der Waals surface area contributed by atoms with Crippen LogP contribution in [0.15, 0.2) is 0 Å². The van der Waals surface area contributed by atoms with Crippen molar-refractivity contribution in [1.29, 1.82) is 0 Å². The number of rotatable bonds is 13. The highest BCUT2D eigenvalue weighted by atomic mass is 32.1. The van der Waals surface area contributed by atoms with E-state index in [1.807, 2.05) is 0 Å². The summed E-state index contributed by atoms with van der Waals surface area (Å²) >= 11 is 4.22. The number of unbranched alkanes of at least 4 members (excludes halogenated alkanes) is 6. The van der Waals surface area contributed by atoms with Crippen molar-refractivity contribution in [2.75, 3.05) is 39.6 Å². The van der Waals surface area contributed by atoms with Crippen LogP contribution in [0, 0.1) is 0 Å². The van der Waals surface area contributed by atoms with Crippen molar-refractivity contribution in [3.05, 3.63) is 0 Å². The SMILES string of the molecule is COCCCN(C)CCCCCCCCCS. The van der Waals surface area contributed by atoms with Gasteiger partial charge in [0.25, 0.3) is 0 Å². The van der Waals surface area contributed by atoms with E-state index in [-0.39, 0.29) is 0 Å². The number of thiol groups is 1. The zero-order valence-electron chi connectivity index (χ0n) is 11.8. The zero-order valence-corrected chi connectivity index (χ0v) is 12.7. The first-order valence-electron chi connectivity index (χ1n) is 7.09. The smallest absolute Gasteiger partial charge is 0.0474 e. The topological polar surface area (TPSA) is 12.5 Å². The number of hydrogen-bond acceptors (Lipinski definition) is 3. The van der Waals surface area contributed by atoms with E-state index in [9.17, 15) is 0 Å². The molecule has 0 fully saturated rings. The van der Waals surface area contributed by atoms with Crippen LogP contribution in [0.3, 0.4) is 0 Å². The minimum atomic E-state index is 0.884. The van der Waals surface area contributed by atoms with E-state index >= 15 is 0 Å². The Morgan fingerprint density at radius 2 is 1.35 bits per heavy atom. The molecule has 0 aliphatic heterocycles. The molecule has 0 aromatic rings. The standard InChI is InChI=1S/C14H31NOS/c1-15(12-10-13-16-2)11-8-6-4-3-5-7-9-14-17/h17H,3-14H2,1-2H3. The summed E-state index contributed by atoms with van der Waals surface area (Å²) in [4.78, 5) is 2.42. The van der Waals surface area contributed by atoms with Crippen LogP contribution in [0.1, 0.15) is 51.4 Å². The van der Waals surface area contributed by atoms with Crippen LogP contribution in [-0.2, 0) is 4.74 Å². The monoisotopic (exact) mass is 261 g/mol. The molecule has 0 rings (SSSR count). The molecule has 0 spiro atoms. The van der Waals surface area contributed by atoms with E-state index in [2.05, 4.69) is 24.6 Å². The van der Waals surface area contributed by atoms with Gasteiger partial charge in [-0.2, -0.15) is 12.6 Å². The molecule has 0 aromatic heterocycles. The molecule has 0 bridgehead atoms. The maximum Gasteiger partial charge on any atom is 0.0474 e. The minimum absolute atomic E-state index is 0.884. The Balaban J connectivity index is 3.05. The molecule has 0 saturated heterocycles. The highest BCUT2D eigenvalue weighted by molar-refractivity contribution is 7.80. The Bertz CT molecular complexity index is 144. The van der Waals surface area contributed by atoms with Crippen molar-refractivity contribution in [1.82, 2.24) is 4.90 Å². The average Bonchev–Trinajstić information content (AvgIpc) is 2.33. The second kappa shape index (κ2) is 14.3. The lowest BCUT2D eigenvalue weighted by Gasteiger charge is -2.15. The second-order valence-corrected chi connectivity index (χ2v) is 5.30. The first kappa shape index (κ1) is 17.3. The summed E-state index contributed by atoms with van der Waals surface area (Å²) in [7, 11) is 3.98. The maximum absolute atomic E-state index is 5.05. The lowest BCUT2D eigenvalue weighted by atomic mass is 10.1. The van der Waals surface area contributed by atoms with Gasteiger partial charge in [0.15, 0.2) is 0 Å². The van der Waals surface area contributed by atoms with Crippen molar-refractivity contribution in [3.63, 3.8) is 0 Å². The number of methoxy groups -OCH3 is 1. The van der Waals surface area contributed by atoms with Crippen molar-refractivity contribution in [2.45, 2.75) is 51.4 Å². The summed E-state index contributed by atoms with van der Waals surface area (Å²) in [5.74, 6) is 1.05. The number of ether oxygens (including phenoxy) is 1. The fourth-order valence-corrected chi connectivity index (χ4v) is 2.19. The van der Waals surface area contributed by atoms with Gasteiger partial charge in [-0.05, 0) is 38.6 Å². The Morgan fingerprint density at radius 3 is 1.94 bits per heavy atom. The van der Waals surface area contributed by atoms with Crippen LogP contribution in [0.4, 0.5) is 0 Å². The summed E-state index contributed by atoms with van der Waals surface area (Å²) in [6.45, 7) is 3.28. The number of hydrogen-bond donors (Lipinski definition) is 1. The molecule has 104 valence electrons. The van der Waals surface area contributed by atoms with E-state index < -0.39 is 0 Å². The minimum Gasteiger partial charge on any atom is -0.385 e. The molecule has 2 nitrogen and oxygen atoms in total. The van der Waals surface area contributed by atoms with Crippen LogP contribution in [0.25, 0.3) is 0 Å². The lowest BCUT2D eigenvalue weighted by molar-refractivity contribution is 0.179. The normalized spacial score (nSPS) is 11.3. The third kappa shape index (κ3) is 14.2. The fourth-order valence-electron chi connectivity index (χ4n) is 1.97. The second-order valence-electron chi connectivity index (χ2n) is 4.85. The van der Waals surface area contributed by atoms with Gasteiger partial charge in [0.2, 0.25) is 0 Å². The van der Waals surface area contributed by atoms with Crippen LogP contribution in [0.5, 0.6) is 0 Å². The zero-order chi connectivity index (χ0) is 12.8. The maximum atomic E-state index is 5.05. The molecule has 0 N–H and O–H groups in total. The molecule has 0 atom stereocenters. The van der Waals surface area contributed by atoms with Crippen molar-refractivity contribution in [3.8, 4) is 0 Å². The van der Waals surface area contributed by atoms with Crippen molar-refractivity contribution in [2.24, 2.45) is 0 Å². The highest BCUT2D eigenvalue weighted by Gasteiger charge is 1.97. The Labute approximate surface area is 114 Å². The third-order valence-electron chi connectivity index (χ3n) is 3.09. The fraction of sp³-hybridized carbons (Fsp3) is 1.00. The summed E-state index contributed by atoms with van der Waals surface area (Å²) in [5, 5.41) is 0. The first-order valence-corrected chi connectivity index (χ1v) is 7.73. The predicted molar refractivity (Wildman–Crippen MR) is 80.2 cm³/mol. The van der Waals surface area contributed by atoms with Gasteiger partial charge in [-0.15, -0.1) is 0 Å². The third-order valence-corrected chi connectivity index (χ3v) is 3.40. The van der Waals surface area contributed by atoms with Gasteiger partial charge >= 0.3 is 0 Å². The molecular formula is C14H31NOS. The van der Waals surface area contributed by atoms with E-state index in [1.165, 1.54) is 51.5 Å². The molecule has 17 heavy (non-hydrogen) atoms. The molecule has 0 saturated carbocycles. The van der Waals surface area contributed by atoms with E-state index in [1.54, 1.807) is 7.11 Å². The molecule has 0 aromatic carbocycles. The van der Waals surface area contributed by atoms with Gasteiger partial charge in [-0.25, -0.2) is 0 Å². The van der Waals surface area contributed by atoms with Crippen molar-refractivity contribution >= 4 is 12.6 Å². The Kier molecular flexibility index (Phi) is 14.6. The van der Waals surface area contributed by atoms with E-state index in [4.69, 9.17) is 4.74 Å². The molecule has 0 heterocycles. The molecule has 0 radical (unpaired) electrons. The highest BCUT2D eigenvalue weighted by Crippen LogP contribution is 2.08. The van der Waals surface area contributed by atoms with Gasteiger partial charge in [-0.1, -0.05) is 32.1 Å². The van der Waals surface area contributed by atoms with Crippen molar-refractivity contribution < 1.29 is 4.74 Å². The van der Waals surface area contributed by atoms with Gasteiger partial charge in [-0.3, -0.25) is 0 Å². The first-order chi connectivity index (χ1) is 8.31. The molecule has 0 aliphatic carbocycles. The van der Waals surface area contributed by atoms with Gasteiger partial charge in [0, 0.05) is 20.3 Å². The van der Waals surface area contributed by atoms with E-state index in [0.29, 0.717) is 0 Å². The average molecular weight is 261 g/mol. The van der Waals surface area contributed by atoms with Crippen LogP contribution >= 0.6 is 12.6 Å². The summed E-state index contributed by atoms with van der Waals surface area (Å²) in [6, 6.07) is 0. The Morgan fingerprint density at radius 1 is 0.824 bits per heavy atom. The van der Waals surface area contributed by atoms with Crippen LogP contribution < -0.4 is 0 Å². The lowest BCUT2D eigenvalue weighted by Crippen LogP contribution is -2.21. The van der Waals surface area contributed by atoms with Gasteiger partial charge < -0.3 is 9.64 Å². The summed E-state index contributed by atoms with van der Waals surface area (Å²) < 4.78 is 5.05. The van der Waals surface area contributed by atoms with Crippen LogP contribution in [-0.4, -0.2) is 44.5 Å². The van der Waals surface area contributed by atoms with Crippen LogP contribution in [0.2, 0.25) is 0 Å². The van der Waals surface area contributed by atoms with Gasteiger partial charge in [0.05, 0.1) is 0 Å². The van der Waals surface area contributed by atoms with Gasteiger partial charge in [0.1, 0.15) is 0 Å². The largest absolute Gasteiger partial charge is 0.385 e. The predicted octanol–water partition coefficient (Wildman–Crippen LogP) is 3.62. The molecule has 0 aliphatic rings. The quantitative estimate of drug-likeness (QED) is 0.401. The summed E-state index contributed by atoms with van der Waals surface area (Å²) in [6.07, 6.45) is 10.7.